The Labute approximate surface area is 123 Å². The van der Waals surface area contributed by atoms with Gasteiger partial charge in [0.2, 0.25) is 0 Å². The van der Waals surface area contributed by atoms with Crippen LogP contribution >= 0.6 is 0 Å². The summed E-state index contributed by atoms with van der Waals surface area (Å²) >= 11 is 0. The topological polar surface area (TPSA) is 56.5 Å². The molecule has 2 rings (SSSR count). The van der Waals surface area contributed by atoms with E-state index < -0.39 is 0 Å². The van der Waals surface area contributed by atoms with Gasteiger partial charge in [0.25, 0.3) is 0 Å². The predicted octanol–water partition coefficient (Wildman–Crippen LogP) is 2.76. The van der Waals surface area contributed by atoms with E-state index in [0.29, 0.717) is 12.0 Å². The Kier molecular flexibility index (Phi) is 6.75. The average molecular weight is 284 g/mol. The zero-order chi connectivity index (χ0) is 14.3. The summed E-state index contributed by atoms with van der Waals surface area (Å²) in [5.74, 6) is 6.47. The second kappa shape index (κ2) is 8.32. The molecule has 1 spiro atoms. The molecule has 0 aromatic carbocycles. The van der Waals surface area contributed by atoms with Crippen LogP contribution in [0.3, 0.4) is 0 Å². The maximum absolute atomic E-state index is 6.18. The fraction of sp³-hybridized carbons (Fsp3) is 1.00. The van der Waals surface area contributed by atoms with Gasteiger partial charge in [-0.05, 0) is 51.4 Å². The molecule has 20 heavy (non-hydrogen) atoms. The van der Waals surface area contributed by atoms with E-state index in [2.05, 4.69) is 5.43 Å². The van der Waals surface area contributed by atoms with Gasteiger partial charge < -0.3 is 9.47 Å². The number of hydrazine groups is 1. The Balaban J connectivity index is 1.82. The summed E-state index contributed by atoms with van der Waals surface area (Å²) in [5.41, 5.74) is 3.24. The largest absolute Gasteiger partial charge is 0.382 e. The van der Waals surface area contributed by atoms with Gasteiger partial charge in [-0.2, -0.15) is 0 Å². The predicted molar refractivity (Wildman–Crippen MR) is 81.3 cm³/mol. The molecule has 1 saturated heterocycles. The van der Waals surface area contributed by atoms with Crippen LogP contribution in [0.25, 0.3) is 0 Å². The van der Waals surface area contributed by atoms with Crippen LogP contribution in [0, 0.1) is 5.92 Å². The lowest BCUT2D eigenvalue weighted by Gasteiger charge is -2.45. The van der Waals surface area contributed by atoms with Crippen LogP contribution in [0.2, 0.25) is 0 Å². The van der Waals surface area contributed by atoms with Crippen molar-refractivity contribution in [2.24, 2.45) is 11.8 Å². The number of nitrogens with two attached hydrogens (primary N) is 1. The summed E-state index contributed by atoms with van der Waals surface area (Å²) in [7, 11) is 0. The molecule has 2 aliphatic rings. The van der Waals surface area contributed by atoms with Crippen molar-refractivity contribution >= 4 is 0 Å². The Morgan fingerprint density at radius 3 is 2.85 bits per heavy atom. The average Bonchev–Trinajstić information content (AvgIpc) is 2.48. The van der Waals surface area contributed by atoms with Crippen LogP contribution in [-0.2, 0) is 9.47 Å². The number of hydrogen-bond donors (Lipinski definition) is 2. The van der Waals surface area contributed by atoms with Crippen LogP contribution < -0.4 is 11.3 Å². The van der Waals surface area contributed by atoms with Gasteiger partial charge in [0.1, 0.15) is 0 Å². The van der Waals surface area contributed by atoms with Crippen molar-refractivity contribution in [1.82, 2.24) is 5.43 Å². The molecule has 2 atom stereocenters. The molecular weight excluding hydrogens is 252 g/mol. The van der Waals surface area contributed by atoms with Crippen LogP contribution in [0.15, 0.2) is 0 Å². The van der Waals surface area contributed by atoms with E-state index in [1.54, 1.807) is 0 Å². The van der Waals surface area contributed by atoms with Gasteiger partial charge in [-0.25, -0.2) is 0 Å². The van der Waals surface area contributed by atoms with Crippen molar-refractivity contribution in [3.8, 4) is 0 Å². The summed E-state index contributed by atoms with van der Waals surface area (Å²) in [6.45, 7) is 4.61. The molecule has 0 amide bonds. The zero-order valence-corrected chi connectivity index (χ0v) is 13.0. The SMILES string of the molecule is CCOCCCC(NN)C1CCOC2(CCCCC2)C1. The highest BCUT2D eigenvalue weighted by atomic mass is 16.5. The van der Waals surface area contributed by atoms with Crippen molar-refractivity contribution in [1.29, 1.82) is 0 Å². The fourth-order valence-corrected chi connectivity index (χ4v) is 3.96. The molecule has 0 bridgehead atoms. The van der Waals surface area contributed by atoms with Crippen LogP contribution in [-0.4, -0.2) is 31.5 Å². The monoisotopic (exact) mass is 284 g/mol. The van der Waals surface area contributed by atoms with Gasteiger partial charge in [-0.15, -0.1) is 0 Å². The van der Waals surface area contributed by atoms with Crippen molar-refractivity contribution in [2.45, 2.75) is 76.4 Å². The Hall–Kier alpha value is -0.160. The summed E-state index contributed by atoms with van der Waals surface area (Å²) in [6.07, 6.45) is 11.1. The summed E-state index contributed by atoms with van der Waals surface area (Å²) < 4.78 is 11.6. The molecule has 1 saturated carbocycles. The first-order valence-corrected chi connectivity index (χ1v) is 8.47. The molecule has 4 nitrogen and oxygen atoms in total. The van der Waals surface area contributed by atoms with Crippen LogP contribution in [0.5, 0.6) is 0 Å². The third-order valence-corrected chi connectivity index (χ3v) is 5.09. The van der Waals surface area contributed by atoms with Gasteiger partial charge in [-0.3, -0.25) is 11.3 Å². The van der Waals surface area contributed by atoms with Crippen LogP contribution in [0.1, 0.15) is 64.7 Å². The second-order valence-electron chi connectivity index (χ2n) is 6.46. The normalized spacial score (nSPS) is 27.6. The fourth-order valence-electron chi connectivity index (χ4n) is 3.96. The van der Waals surface area contributed by atoms with Gasteiger partial charge in [0.05, 0.1) is 5.60 Å². The van der Waals surface area contributed by atoms with Gasteiger partial charge in [0.15, 0.2) is 0 Å². The number of rotatable bonds is 7. The lowest BCUT2D eigenvalue weighted by Crippen LogP contribution is -2.49. The molecule has 3 N–H and O–H groups in total. The van der Waals surface area contributed by atoms with Crippen molar-refractivity contribution < 1.29 is 9.47 Å². The molecule has 1 heterocycles. The molecule has 0 aromatic heterocycles. The molecule has 2 fully saturated rings. The summed E-state index contributed by atoms with van der Waals surface area (Å²) in [4.78, 5) is 0. The van der Waals surface area contributed by atoms with E-state index >= 15 is 0 Å². The first-order valence-electron chi connectivity index (χ1n) is 8.47. The van der Waals surface area contributed by atoms with E-state index in [-0.39, 0.29) is 5.60 Å². The molecular formula is C16H32N2O2. The van der Waals surface area contributed by atoms with Gasteiger partial charge >= 0.3 is 0 Å². The molecule has 0 radical (unpaired) electrons. The third-order valence-electron chi connectivity index (χ3n) is 5.09. The smallest absolute Gasteiger partial charge is 0.0685 e. The quantitative estimate of drug-likeness (QED) is 0.429. The van der Waals surface area contributed by atoms with Gasteiger partial charge in [0, 0.05) is 25.9 Å². The van der Waals surface area contributed by atoms with E-state index in [1.165, 1.54) is 38.5 Å². The maximum Gasteiger partial charge on any atom is 0.0685 e. The van der Waals surface area contributed by atoms with E-state index in [1.807, 2.05) is 6.92 Å². The minimum atomic E-state index is 0.177. The highest BCUT2D eigenvalue weighted by Crippen LogP contribution is 2.41. The minimum absolute atomic E-state index is 0.177. The number of hydrogen-bond acceptors (Lipinski definition) is 4. The molecule has 0 aromatic rings. The highest BCUT2D eigenvalue weighted by Gasteiger charge is 2.40. The van der Waals surface area contributed by atoms with Crippen molar-refractivity contribution in [2.75, 3.05) is 19.8 Å². The number of nitrogens with one attached hydrogen (secondary N) is 1. The second-order valence-corrected chi connectivity index (χ2v) is 6.46. The maximum atomic E-state index is 6.18. The molecule has 1 aliphatic heterocycles. The molecule has 1 aliphatic carbocycles. The van der Waals surface area contributed by atoms with Crippen molar-refractivity contribution in [3.63, 3.8) is 0 Å². The molecule has 2 unspecified atom stereocenters. The first-order chi connectivity index (χ1) is 9.79. The number of ether oxygens (including phenoxy) is 2. The summed E-state index contributed by atoms with van der Waals surface area (Å²) in [6, 6.07) is 0.415. The Morgan fingerprint density at radius 1 is 1.35 bits per heavy atom. The summed E-state index contributed by atoms with van der Waals surface area (Å²) in [5, 5.41) is 0. The van der Waals surface area contributed by atoms with E-state index in [9.17, 15) is 0 Å². The van der Waals surface area contributed by atoms with E-state index in [4.69, 9.17) is 15.3 Å². The standard InChI is InChI=1S/C16H32N2O2/c1-2-19-11-6-7-15(18-17)14-8-12-20-16(13-14)9-4-3-5-10-16/h14-15,18H,2-13,17H2,1H3. The lowest BCUT2D eigenvalue weighted by atomic mass is 9.73. The highest BCUT2D eigenvalue weighted by molar-refractivity contribution is 4.92. The first kappa shape index (κ1) is 16.2. The van der Waals surface area contributed by atoms with Crippen molar-refractivity contribution in [3.05, 3.63) is 0 Å². The molecule has 118 valence electrons. The zero-order valence-electron chi connectivity index (χ0n) is 13.0. The van der Waals surface area contributed by atoms with E-state index in [0.717, 1.165) is 39.1 Å². The minimum Gasteiger partial charge on any atom is -0.382 e. The third kappa shape index (κ3) is 4.42. The lowest BCUT2D eigenvalue weighted by molar-refractivity contribution is -0.122. The Bertz CT molecular complexity index is 262. The van der Waals surface area contributed by atoms with Gasteiger partial charge in [-0.1, -0.05) is 19.3 Å². The molecule has 4 heteroatoms. The Morgan fingerprint density at radius 2 is 2.15 bits per heavy atom. The van der Waals surface area contributed by atoms with Crippen LogP contribution in [0.4, 0.5) is 0 Å².